The van der Waals surface area contributed by atoms with Crippen LogP contribution in [-0.4, -0.2) is 5.78 Å². The molecule has 3 aromatic carbocycles. The van der Waals surface area contributed by atoms with E-state index in [1.807, 2.05) is 54.6 Å². The van der Waals surface area contributed by atoms with Gasteiger partial charge in [0.05, 0.1) is 0 Å². The van der Waals surface area contributed by atoms with E-state index in [0.717, 1.165) is 16.5 Å². The number of benzene rings is 3. The van der Waals surface area contributed by atoms with Crippen molar-refractivity contribution >= 4 is 33.8 Å². The summed E-state index contributed by atoms with van der Waals surface area (Å²) in [6.07, 6.45) is 3.18. The van der Waals surface area contributed by atoms with Crippen LogP contribution in [0.4, 0.5) is 5.69 Å². The van der Waals surface area contributed by atoms with Crippen molar-refractivity contribution in [2.45, 2.75) is 0 Å². The van der Waals surface area contributed by atoms with Crippen LogP contribution in [0.25, 0.3) is 10.8 Å². The minimum Gasteiger partial charge on any atom is -0.362 e. The minimum absolute atomic E-state index is 0.0294. The lowest BCUT2D eigenvalue weighted by molar-refractivity contribution is 0.104. The van der Waals surface area contributed by atoms with Crippen LogP contribution >= 0.6 is 11.6 Å². The molecule has 0 atom stereocenters. The van der Waals surface area contributed by atoms with Crippen molar-refractivity contribution < 1.29 is 4.79 Å². The normalized spacial score (nSPS) is 11.0. The number of anilines is 1. The largest absolute Gasteiger partial charge is 0.362 e. The first-order valence-electron chi connectivity index (χ1n) is 6.95. The van der Waals surface area contributed by atoms with Crippen LogP contribution in [0, 0.1) is 0 Å². The first-order valence-corrected chi connectivity index (χ1v) is 7.32. The summed E-state index contributed by atoms with van der Waals surface area (Å²) >= 11 is 5.83. The molecule has 3 aromatic rings. The van der Waals surface area contributed by atoms with E-state index >= 15 is 0 Å². The Bertz CT molecular complexity index is 832. The van der Waals surface area contributed by atoms with Crippen LogP contribution in [0.5, 0.6) is 0 Å². The van der Waals surface area contributed by atoms with Gasteiger partial charge in [-0.3, -0.25) is 4.79 Å². The van der Waals surface area contributed by atoms with Crippen LogP contribution in [0.2, 0.25) is 5.02 Å². The Morgan fingerprint density at radius 1 is 0.909 bits per heavy atom. The number of carbonyl (C=O) groups excluding carboxylic acids is 1. The zero-order valence-electron chi connectivity index (χ0n) is 11.8. The number of ketones is 1. The molecule has 2 nitrogen and oxygen atoms in total. The van der Waals surface area contributed by atoms with Gasteiger partial charge < -0.3 is 5.32 Å². The maximum Gasteiger partial charge on any atom is 0.187 e. The highest BCUT2D eigenvalue weighted by Gasteiger charge is 2.06. The van der Waals surface area contributed by atoms with Gasteiger partial charge in [-0.15, -0.1) is 0 Å². The van der Waals surface area contributed by atoms with Crippen LogP contribution in [-0.2, 0) is 0 Å². The van der Waals surface area contributed by atoms with Gasteiger partial charge in [-0.25, -0.2) is 0 Å². The fourth-order valence-corrected chi connectivity index (χ4v) is 2.42. The predicted molar refractivity (Wildman–Crippen MR) is 92.5 cm³/mol. The summed E-state index contributed by atoms with van der Waals surface area (Å²) in [7, 11) is 0. The third kappa shape index (κ3) is 3.18. The van der Waals surface area contributed by atoms with Crippen molar-refractivity contribution in [3.63, 3.8) is 0 Å². The molecule has 3 rings (SSSR count). The summed E-state index contributed by atoms with van der Waals surface area (Å²) < 4.78 is 0. The molecule has 108 valence electrons. The van der Waals surface area contributed by atoms with E-state index in [4.69, 9.17) is 11.6 Å². The van der Waals surface area contributed by atoms with Gasteiger partial charge in [-0.2, -0.15) is 0 Å². The summed E-state index contributed by atoms with van der Waals surface area (Å²) in [5.74, 6) is -0.0294. The molecule has 0 aliphatic rings. The summed E-state index contributed by atoms with van der Waals surface area (Å²) in [5.41, 5.74) is 1.58. The van der Waals surface area contributed by atoms with Gasteiger partial charge in [0.1, 0.15) is 0 Å². The van der Waals surface area contributed by atoms with Crippen molar-refractivity contribution in [3.05, 3.63) is 89.6 Å². The van der Waals surface area contributed by atoms with E-state index in [1.54, 1.807) is 18.3 Å². The van der Waals surface area contributed by atoms with Gasteiger partial charge in [-0.05, 0) is 35.0 Å². The van der Waals surface area contributed by atoms with Crippen molar-refractivity contribution in [1.29, 1.82) is 0 Å². The van der Waals surface area contributed by atoms with Crippen molar-refractivity contribution in [2.24, 2.45) is 0 Å². The molecule has 0 radical (unpaired) electrons. The van der Waals surface area contributed by atoms with Crippen LogP contribution < -0.4 is 5.32 Å². The molecule has 22 heavy (non-hydrogen) atoms. The highest BCUT2D eigenvalue weighted by molar-refractivity contribution is 6.30. The number of carbonyl (C=O) groups is 1. The van der Waals surface area contributed by atoms with Gasteiger partial charge in [0, 0.05) is 28.5 Å². The average Bonchev–Trinajstić information content (AvgIpc) is 2.56. The zero-order chi connectivity index (χ0) is 15.4. The Kier molecular flexibility index (Phi) is 4.22. The molecule has 0 amide bonds. The van der Waals surface area contributed by atoms with Gasteiger partial charge in [0.15, 0.2) is 5.78 Å². The number of nitrogens with one attached hydrogen (secondary N) is 1. The molecule has 0 unspecified atom stereocenters. The highest BCUT2D eigenvalue weighted by atomic mass is 35.5. The summed E-state index contributed by atoms with van der Waals surface area (Å²) in [6, 6.07) is 20.9. The van der Waals surface area contributed by atoms with Gasteiger partial charge >= 0.3 is 0 Å². The molecule has 3 heteroatoms. The van der Waals surface area contributed by atoms with Crippen molar-refractivity contribution in [2.75, 3.05) is 5.32 Å². The number of hydrogen-bond acceptors (Lipinski definition) is 2. The van der Waals surface area contributed by atoms with E-state index < -0.39 is 0 Å². The maximum atomic E-state index is 12.4. The molecule has 0 bridgehead atoms. The number of allylic oxidation sites excluding steroid dienone is 1. The second kappa shape index (κ2) is 6.46. The molecule has 1 N–H and O–H groups in total. The summed E-state index contributed by atoms with van der Waals surface area (Å²) in [6.45, 7) is 0. The zero-order valence-corrected chi connectivity index (χ0v) is 12.5. The van der Waals surface area contributed by atoms with E-state index in [1.165, 1.54) is 6.08 Å². The maximum absolute atomic E-state index is 12.4. The molecule has 0 fully saturated rings. The topological polar surface area (TPSA) is 29.1 Å². The Morgan fingerprint density at radius 2 is 1.64 bits per heavy atom. The van der Waals surface area contributed by atoms with E-state index in [-0.39, 0.29) is 5.78 Å². The minimum atomic E-state index is -0.0294. The van der Waals surface area contributed by atoms with Crippen molar-refractivity contribution in [1.82, 2.24) is 0 Å². The standard InChI is InChI=1S/C19H14ClNO/c20-15-8-10-16(11-9-15)21-13-12-19(22)18-7-3-5-14-4-1-2-6-17(14)18/h1-13,21H. The van der Waals surface area contributed by atoms with Crippen molar-refractivity contribution in [3.8, 4) is 0 Å². The Morgan fingerprint density at radius 3 is 2.45 bits per heavy atom. The lowest BCUT2D eigenvalue weighted by Crippen LogP contribution is -1.97. The second-order valence-electron chi connectivity index (χ2n) is 4.88. The summed E-state index contributed by atoms with van der Waals surface area (Å²) in [4.78, 5) is 12.4. The van der Waals surface area contributed by atoms with E-state index in [9.17, 15) is 4.79 Å². The molecule has 0 saturated heterocycles. The molecule has 0 saturated carbocycles. The van der Waals surface area contributed by atoms with Crippen LogP contribution in [0.15, 0.2) is 79.0 Å². The smallest absolute Gasteiger partial charge is 0.187 e. The van der Waals surface area contributed by atoms with Crippen LogP contribution in [0.1, 0.15) is 10.4 Å². The van der Waals surface area contributed by atoms with Crippen LogP contribution in [0.3, 0.4) is 0 Å². The van der Waals surface area contributed by atoms with Gasteiger partial charge in [0.25, 0.3) is 0 Å². The molecule has 0 heterocycles. The third-order valence-corrected chi connectivity index (χ3v) is 3.64. The Hall–Kier alpha value is -2.58. The summed E-state index contributed by atoms with van der Waals surface area (Å²) in [5, 5.41) is 5.77. The predicted octanol–water partition coefficient (Wildman–Crippen LogP) is 5.30. The SMILES string of the molecule is O=C(C=CNc1ccc(Cl)cc1)c1cccc2ccccc12. The Labute approximate surface area is 134 Å². The number of hydrogen-bond donors (Lipinski definition) is 1. The first kappa shape index (κ1) is 14.4. The van der Waals surface area contributed by atoms with E-state index in [0.29, 0.717) is 10.6 Å². The molecule has 0 aliphatic carbocycles. The molecular weight excluding hydrogens is 294 g/mol. The highest BCUT2D eigenvalue weighted by Crippen LogP contribution is 2.19. The average molecular weight is 308 g/mol. The third-order valence-electron chi connectivity index (χ3n) is 3.38. The fourth-order valence-electron chi connectivity index (χ4n) is 2.29. The molecule has 0 aromatic heterocycles. The molecule has 0 aliphatic heterocycles. The number of rotatable bonds is 4. The van der Waals surface area contributed by atoms with E-state index in [2.05, 4.69) is 5.32 Å². The molecule has 0 spiro atoms. The Balaban J connectivity index is 1.78. The second-order valence-corrected chi connectivity index (χ2v) is 5.31. The van der Waals surface area contributed by atoms with Gasteiger partial charge in [0.2, 0.25) is 0 Å². The number of fused-ring (bicyclic) bond motifs is 1. The quantitative estimate of drug-likeness (QED) is 0.523. The lowest BCUT2D eigenvalue weighted by atomic mass is 10.0. The number of halogens is 1. The molecular formula is C19H14ClNO. The first-order chi connectivity index (χ1) is 10.7. The van der Waals surface area contributed by atoms with Gasteiger partial charge in [-0.1, -0.05) is 54.1 Å². The fraction of sp³-hybridized carbons (Fsp3) is 0. The monoisotopic (exact) mass is 307 g/mol. The lowest BCUT2D eigenvalue weighted by Gasteiger charge is -2.03.